The lowest BCUT2D eigenvalue weighted by Crippen LogP contribution is -2.49. The molecule has 0 radical (unpaired) electrons. The number of carbonyl (C=O) groups is 2. The fourth-order valence-electron chi connectivity index (χ4n) is 2.85. The minimum atomic E-state index is -0.790. The van der Waals surface area contributed by atoms with Crippen LogP contribution in [0.3, 0.4) is 0 Å². The molecular formula is C17H22N6O3. The van der Waals surface area contributed by atoms with Crippen molar-refractivity contribution in [1.82, 2.24) is 20.4 Å². The summed E-state index contributed by atoms with van der Waals surface area (Å²) in [5, 5.41) is 6.30. The number of hydrogen-bond acceptors (Lipinski definition) is 7. The van der Waals surface area contributed by atoms with Gasteiger partial charge in [-0.15, -0.1) is 0 Å². The van der Waals surface area contributed by atoms with Crippen LogP contribution in [0.25, 0.3) is 0 Å². The number of nitrogens with one attached hydrogen (secondary N) is 1. The topological polar surface area (TPSA) is 118 Å². The van der Waals surface area contributed by atoms with Crippen molar-refractivity contribution in [3.05, 3.63) is 41.5 Å². The summed E-state index contributed by atoms with van der Waals surface area (Å²) in [6.45, 7) is 5.87. The Hall–Kier alpha value is -2.94. The van der Waals surface area contributed by atoms with Gasteiger partial charge >= 0.3 is 11.8 Å². The normalized spacial score (nSPS) is 15.0. The molecule has 1 aromatic heterocycles. The fraction of sp³-hybridized carbons (Fsp3) is 0.412. The fourth-order valence-corrected chi connectivity index (χ4v) is 2.85. The standard InChI is InChI=1S/C17H22N6O3/c1-12-3-2-4-13(9-12)23-7-5-22(6-8-23)11-15(24)19-10-14-20-17(16(18)25)26-21-14/h2-4,9H,5-8,10-11H2,1H3,(H2,18,25)(H,19,24). The summed E-state index contributed by atoms with van der Waals surface area (Å²) in [5.74, 6) is -0.959. The third-order valence-corrected chi connectivity index (χ3v) is 4.23. The number of aromatic nitrogens is 2. The highest BCUT2D eigenvalue weighted by Crippen LogP contribution is 2.17. The third-order valence-electron chi connectivity index (χ3n) is 4.23. The van der Waals surface area contributed by atoms with Crippen molar-refractivity contribution < 1.29 is 14.1 Å². The number of nitrogens with two attached hydrogens (primary N) is 1. The second-order valence-corrected chi connectivity index (χ2v) is 6.26. The first-order valence-corrected chi connectivity index (χ1v) is 8.44. The highest BCUT2D eigenvalue weighted by atomic mass is 16.5. The summed E-state index contributed by atoms with van der Waals surface area (Å²) in [5.41, 5.74) is 7.49. The number of amides is 2. The predicted octanol–water partition coefficient (Wildman–Crippen LogP) is -0.0847. The van der Waals surface area contributed by atoms with Crippen molar-refractivity contribution in [3.63, 3.8) is 0 Å². The molecule has 0 bridgehead atoms. The summed E-state index contributed by atoms with van der Waals surface area (Å²) in [7, 11) is 0. The van der Waals surface area contributed by atoms with Gasteiger partial charge in [0.1, 0.15) is 0 Å². The first-order valence-electron chi connectivity index (χ1n) is 8.44. The maximum Gasteiger partial charge on any atom is 0.315 e. The lowest BCUT2D eigenvalue weighted by molar-refractivity contribution is -0.122. The van der Waals surface area contributed by atoms with Crippen LogP contribution in [0.2, 0.25) is 0 Å². The average molecular weight is 358 g/mol. The van der Waals surface area contributed by atoms with Crippen molar-refractivity contribution in [2.45, 2.75) is 13.5 Å². The number of rotatable bonds is 6. The number of nitrogens with zero attached hydrogens (tertiary/aromatic N) is 4. The van der Waals surface area contributed by atoms with Gasteiger partial charge in [0.05, 0.1) is 13.1 Å². The van der Waals surface area contributed by atoms with Gasteiger partial charge in [0, 0.05) is 31.9 Å². The maximum atomic E-state index is 12.1. The van der Waals surface area contributed by atoms with E-state index in [1.54, 1.807) is 0 Å². The van der Waals surface area contributed by atoms with E-state index in [0.29, 0.717) is 6.54 Å². The van der Waals surface area contributed by atoms with Gasteiger partial charge in [-0.05, 0) is 24.6 Å². The number of anilines is 1. The minimum Gasteiger partial charge on any atom is -0.369 e. The first-order chi connectivity index (χ1) is 12.5. The lowest BCUT2D eigenvalue weighted by Gasteiger charge is -2.35. The number of benzene rings is 1. The van der Waals surface area contributed by atoms with E-state index in [0.717, 1.165) is 26.2 Å². The van der Waals surface area contributed by atoms with E-state index in [2.05, 4.69) is 61.0 Å². The number of carbonyl (C=O) groups excluding carboxylic acids is 2. The SMILES string of the molecule is Cc1cccc(N2CCN(CC(=O)NCc3noc(C(N)=O)n3)CC2)c1. The van der Waals surface area contributed by atoms with E-state index in [4.69, 9.17) is 5.73 Å². The zero-order valence-corrected chi connectivity index (χ0v) is 14.6. The molecule has 9 heteroatoms. The van der Waals surface area contributed by atoms with Gasteiger partial charge in [-0.3, -0.25) is 14.5 Å². The van der Waals surface area contributed by atoms with E-state index in [9.17, 15) is 9.59 Å². The summed E-state index contributed by atoms with van der Waals surface area (Å²) >= 11 is 0. The Balaban J connectivity index is 1.42. The van der Waals surface area contributed by atoms with Gasteiger partial charge in [-0.25, -0.2) is 0 Å². The molecule has 0 saturated carbocycles. The zero-order valence-electron chi connectivity index (χ0n) is 14.6. The van der Waals surface area contributed by atoms with Crippen molar-refractivity contribution in [2.75, 3.05) is 37.6 Å². The van der Waals surface area contributed by atoms with Crippen LogP contribution in [0.4, 0.5) is 5.69 Å². The Labute approximate surface area is 151 Å². The highest BCUT2D eigenvalue weighted by Gasteiger charge is 2.19. The molecule has 1 aliphatic rings. The molecule has 3 rings (SSSR count). The van der Waals surface area contributed by atoms with Crippen LogP contribution >= 0.6 is 0 Å². The number of piperazine rings is 1. The molecule has 3 N–H and O–H groups in total. The van der Waals surface area contributed by atoms with Crippen LogP contribution in [-0.4, -0.2) is 59.6 Å². The van der Waals surface area contributed by atoms with Crippen LogP contribution in [0, 0.1) is 6.92 Å². The van der Waals surface area contributed by atoms with Gasteiger partial charge in [0.25, 0.3) is 0 Å². The lowest BCUT2D eigenvalue weighted by atomic mass is 10.2. The molecule has 0 atom stereocenters. The molecule has 26 heavy (non-hydrogen) atoms. The van der Waals surface area contributed by atoms with Gasteiger partial charge in [-0.1, -0.05) is 17.3 Å². The first kappa shape index (κ1) is 17.9. The van der Waals surface area contributed by atoms with Crippen molar-refractivity contribution >= 4 is 17.5 Å². The summed E-state index contributed by atoms with van der Waals surface area (Å²) in [4.78, 5) is 31.2. The predicted molar refractivity (Wildman–Crippen MR) is 94.5 cm³/mol. The zero-order chi connectivity index (χ0) is 18.5. The molecule has 0 unspecified atom stereocenters. The molecule has 0 spiro atoms. The second kappa shape index (κ2) is 7.96. The Bertz CT molecular complexity index is 782. The quantitative estimate of drug-likeness (QED) is 0.741. The number of primary amides is 1. The van der Waals surface area contributed by atoms with Crippen molar-refractivity contribution in [1.29, 1.82) is 0 Å². The monoisotopic (exact) mass is 358 g/mol. The molecule has 1 saturated heterocycles. The third kappa shape index (κ3) is 4.57. The molecule has 1 aromatic carbocycles. The molecule has 138 valence electrons. The highest BCUT2D eigenvalue weighted by molar-refractivity contribution is 5.87. The molecule has 9 nitrogen and oxygen atoms in total. The van der Waals surface area contributed by atoms with Gasteiger partial charge in [0.15, 0.2) is 5.82 Å². The number of hydrogen-bond donors (Lipinski definition) is 2. The van der Waals surface area contributed by atoms with Gasteiger partial charge < -0.3 is 20.5 Å². The van der Waals surface area contributed by atoms with E-state index < -0.39 is 5.91 Å². The molecular weight excluding hydrogens is 336 g/mol. The van der Waals surface area contributed by atoms with E-state index in [1.807, 2.05) is 0 Å². The Morgan fingerprint density at radius 1 is 1.27 bits per heavy atom. The largest absolute Gasteiger partial charge is 0.369 e. The van der Waals surface area contributed by atoms with Crippen LogP contribution in [0.5, 0.6) is 0 Å². The summed E-state index contributed by atoms with van der Waals surface area (Å²) < 4.78 is 4.67. The molecule has 1 aliphatic heterocycles. The van der Waals surface area contributed by atoms with Gasteiger partial charge in [-0.2, -0.15) is 4.98 Å². The molecule has 2 heterocycles. The Morgan fingerprint density at radius 3 is 2.69 bits per heavy atom. The van der Waals surface area contributed by atoms with E-state index >= 15 is 0 Å². The molecule has 2 amide bonds. The maximum absolute atomic E-state index is 12.1. The van der Waals surface area contributed by atoms with Crippen LogP contribution < -0.4 is 16.0 Å². The van der Waals surface area contributed by atoms with Crippen LogP contribution in [0.15, 0.2) is 28.8 Å². The van der Waals surface area contributed by atoms with E-state index in [1.165, 1.54) is 11.3 Å². The van der Waals surface area contributed by atoms with E-state index in [-0.39, 0.29) is 24.2 Å². The molecule has 0 aliphatic carbocycles. The second-order valence-electron chi connectivity index (χ2n) is 6.26. The summed E-state index contributed by atoms with van der Waals surface area (Å²) in [6.07, 6.45) is 0. The molecule has 1 fully saturated rings. The van der Waals surface area contributed by atoms with Crippen LogP contribution in [-0.2, 0) is 11.3 Å². The van der Waals surface area contributed by atoms with Gasteiger partial charge in [0.2, 0.25) is 5.91 Å². The van der Waals surface area contributed by atoms with Crippen LogP contribution in [0.1, 0.15) is 22.1 Å². The average Bonchev–Trinajstić information content (AvgIpc) is 3.10. The molecule has 2 aromatic rings. The minimum absolute atomic E-state index is 0.0961. The van der Waals surface area contributed by atoms with Crippen molar-refractivity contribution in [2.24, 2.45) is 5.73 Å². The Morgan fingerprint density at radius 2 is 2.04 bits per heavy atom. The van der Waals surface area contributed by atoms with Crippen molar-refractivity contribution in [3.8, 4) is 0 Å². The smallest absolute Gasteiger partial charge is 0.315 e. The number of aryl methyl sites for hydroxylation is 1. The Kier molecular flexibility index (Phi) is 5.47. The summed E-state index contributed by atoms with van der Waals surface area (Å²) in [6, 6.07) is 8.43.